The van der Waals surface area contributed by atoms with E-state index in [1.54, 1.807) is 0 Å². The summed E-state index contributed by atoms with van der Waals surface area (Å²) in [4.78, 5) is 19.3. The highest BCUT2D eigenvalue weighted by molar-refractivity contribution is 5.85. The quantitative estimate of drug-likeness (QED) is 0.729. The molecule has 7 heteroatoms. The molecule has 1 aromatic heterocycles. The molecule has 25 heavy (non-hydrogen) atoms. The van der Waals surface area contributed by atoms with Crippen molar-refractivity contribution >= 4 is 30.7 Å². The highest BCUT2D eigenvalue weighted by Gasteiger charge is 2.57. The fourth-order valence-corrected chi connectivity index (χ4v) is 3.90. The number of aromatic nitrogens is 2. The van der Waals surface area contributed by atoms with Crippen molar-refractivity contribution in [1.29, 1.82) is 0 Å². The molecule has 2 fully saturated rings. The van der Waals surface area contributed by atoms with Crippen molar-refractivity contribution in [2.45, 2.75) is 58.2 Å². The van der Waals surface area contributed by atoms with Gasteiger partial charge in [0.25, 0.3) is 0 Å². The molecule has 1 amide bonds. The minimum absolute atomic E-state index is 0. The number of hydrogen-bond acceptors (Lipinski definition) is 3. The third kappa shape index (κ3) is 4.78. The number of aryl methyl sites for hydroxylation is 1. The average Bonchev–Trinajstić information content (AvgIpc) is 3.05. The van der Waals surface area contributed by atoms with E-state index >= 15 is 0 Å². The van der Waals surface area contributed by atoms with Gasteiger partial charge < -0.3 is 14.8 Å². The molecular formula is C18H30Cl2N4O. The zero-order valence-corrected chi connectivity index (χ0v) is 16.6. The van der Waals surface area contributed by atoms with Crippen molar-refractivity contribution in [3.8, 4) is 0 Å². The Bertz CT molecular complexity index is 569. The average molecular weight is 389 g/mol. The van der Waals surface area contributed by atoms with Crippen LogP contribution in [-0.4, -0.2) is 39.5 Å². The molecule has 2 aliphatic rings. The first-order chi connectivity index (χ1) is 11.2. The van der Waals surface area contributed by atoms with E-state index in [0.29, 0.717) is 24.4 Å². The smallest absolute Gasteiger partial charge is 0.223 e. The molecule has 0 bridgehead atoms. The molecule has 1 saturated heterocycles. The molecule has 1 unspecified atom stereocenters. The van der Waals surface area contributed by atoms with E-state index in [1.807, 2.05) is 18.5 Å². The number of carbonyl (C=O) groups excluding carboxylic acids is 1. The summed E-state index contributed by atoms with van der Waals surface area (Å²) in [6.45, 7) is 9.54. The van der Waals surface area contributed by atoms with Gasteiger partial charge in [-0.15, -0.1) is 31.4 Å². The van der Waals surface area contributed by atoms with Crippen LogP contribution in [0.15, 0.2) is 25.0 Å². The second kappa shape index (κ2) is 9.60. The van der Waals surface area contributed by atoms with Gasteiger partial charge in [0.05, 0.1) is 6.54 Å². The van der Waals surface area contributed by atoms with E-state index in [-0.39, 0.29) is 30.7 Å². The van der Waals surface area contributed by atoms with Crippen molar-refractivity contribution in [3.05, 3.63) is 30.9 Å². The molecule has 1 spiro atoms. The Kier molecular flexibility index (Phi) is 8.45. The summed E-state index contributed by atoms with van der Waals surface area (Å²) in [5.74, 6) is 1.24. The summed E-state index contributed by atoms with van der Waals surface area (Å²) in [7, 11) is 0. The van der Waals surface area contributed by atoms with Gasteiger partial charge in [0.2, 0.25) is 5.91 Å². The van der Waals surface area contributed by atoms with Gasteiger partial charge in [-0.25, -0.2) is 4.98 Å². The van der Waals surface area contributed by atoms with E-state index in [9.17, 15) is 4.79 Å². The third-order valence-corrected chi connectivity index (χ3v) is 5.46. The normalized spacial score (nSPS) is 20.3. The number of carbonyl (C=O) groups is 1. The van der Waals surface area contributed by atoms with Crippen molar-refractivity contribution in [2.75, 3.05) is 13.1 Å². The van der Waals surface area contributed by atoms with Crippen LogP contribution in [0.4, 0.5) is 0 Å². The lowest BCUT2D eigenvalue weighted by Gasteiger charge is -2.29. The molecule has 1 aliphatic carbocycles. The van der Waals surface area contributed by atoms with Gasteiger partial charge in [-0.2, -0.15) is 0 Å². The number of nitrogens with one attached hydrogen (secondary N) is 1. The van der Waals surface area contributed by atoms with Crippen LogP contribution in [0.5, 0.6) is 0 Å². The summed E-state index contributed by atoms with van der Waals surface area (Å²) in [6, 6.07) is 0.393. The van der Waals surface area contributed by atoms with Crippen LogP contribution in [0.1, 0.15) is 44.9 Å². The summed E-state index contributed by atoms with van der Waals surface area (Å²) >= 11 is 0. The molecule has 1 aliphatic heterocycles. The number of rotatable bonds is 7. The number of halogens is 2. The van der Waals surface area contributed by atoms with Gasteiger partial charge in [-0.3, -0.25) is 4.79 Å². The van der Waals surface area contributed by atoms with Crippen LogP contribution in [0.25, 0.3) is 0 Å². The van der Waals surface area contributed by atoms with Gasteiger partial charge >= 0.3 is 0 Å². The summed E-state index contributed by atoms with van der Waals surface area (Å²) in [5.41, 5.74) is 0.360. The molecule has 1 saturated carbocycles. The van der Waals surface area contributed by atoms with Crippen LogP contribution in [-0.2, 0) is 17.9 Å². The first-order valence-electron chi connectivity index (χ1n) is 8.81. The Hall–Kier alpha value is -1.04. The number of nitrogens with zero attached hydrogens (tertiary/aromatic N) is 3. The molecule has 1 N–H and O–H groups in total. The maximum Gasteiger partial charge on any atom is 0.223 e. The Morgan fingerprint density at radius 1 is 1.48 bits per heavy atom. The summed E-state index contributed by atoms with van der Waals surface area (Å²) < 4.78 is 2.13. The largest absolute Gasteiger partial charge is 0.334 e. The Morgan fingerprint density at radius 3 is 2.84 bits per heavy atom. The predicted molar refractivity (Wildman–Crippen MR) is 105 cm³/mol. The number of amides is 1. The number of allylic oxidation sites excluding steroid dienone is 1. The first-order valence-corrected chi connectivity index (χ1v) is 8.81. The Balaban J connectivity index is 0.00000156. The van der Waals surface area contributed by atoms with E-state index in [4.69, 9.17) is 0 Å². The monoisotopic (exact) mass is 388 g/mol. The molecule has 3 rings (SSSR count). The van der Waals surface area contributed by atoms with Crippen LogP contribution in [0.3, 0.4) is 0 Å². The number of imidazole rings is 1. The van der Waals surface area contributed by atoms with E-state index in [2.05, 4.69) is 33.3 Å². The van der Waals surface area contributed by atoms with Gasteiger partial charge in [0.15, 0.2) is 0 Å². The highest BCUT2D eigenvalue weighted by Crippen LogP contribution is 2.56. The van der Waals surface area contributed by atoms with Crippen LogP contribution in [0.2, 0.25) is 0 Å². The minimum atomic E-state index is 0. The molecule has 1 aromatic rings. The zero-order valence-electron chi connectivity index (χ0n) is 14.9. The van der Waals surface area contributed by atoms with Crippen molar-refractivity contribution in [2.24, 2.45) is 5.41 Å². The topological polar surface area (TPSA) is 50.2 Å². The standard InChI is InChI=1S/C18H28N4O.2ClH/c1-3-5-6-17(23)22(14-16-20-11-12-21(16)4-2)15-13-18(15)7-9-19-10-8-18;;/h3,11-12,15,19H,1,4-10,13-14H2,2H3;2*1H. The van der Waals surface area contributed by atoms with E-state index < -0.39 is 0 Å². The van der Waals surface area contributed by atoms with Crippen molar-refractivity contribution < 1.29 is 4.79 Å². The van der Waals surface area contributed by atoms with Crippen molar-refractivity contribution in [3.63, 3.8) is 0 Å². The van der Waals surface area contributed by atoms with E-state index in [1.165, 1.54) is 12.8 Å². The van der Waals surface area contributed by atoms with Crippen LogP contribution >= 0.6 is 24.8 Å². The molecular weight excluding hydrogens is 359 g/mol. The van der Waals surface area contributed by atoms with Crippen LogP contribution in [0, 0.1) is 5.41 Å². The van der Waals surface area contributed by atoms with Gasteiger partial charge in [0, 0.05) is 31.4 Å². The Labute approximate surface area is 163 Å². The van der Waals surface area contributed by atoms with Gasteiger partial charge in [-0.05, 0) is 51.1 Å². The molecule has 1 atom stereocenters. The predicted octanol–water partition coefficient (Wildman–Crippen LogP) is 3.18. The molecule has 5 nitrogen and oxygen atoms in total. The third-order valence-electron chi connectivity index (χ3n) is 5.46. The summed E-state index contributed by atoms with van der Waals surface area (Å²) in [6.07, 6.45) is 10.5. The minimum Gasteiger partial charge on any atom is -0.334 e. The molecule has 2 heterocycles. The fraction of sp³-hybridized carbons (Fsp3) is 0.667. The Morgan fingerprint density at radius 2 is 2.20 bits per heavy atom. The number of hydrogen-bond donors (Lipinski definition) is 1. The maximum absolute atomic E-state index is 12.8. The molecule has 0 radical (unpaired) electrons. The lowest BCUT2D eigenvalue weighted by molar-refractivity contribution is -0.133. The maximum atomic E-state index is 12.8. The lowest BCUT2D eigenvalue weighted by atomic mass is 9.93. The van der Waals surface area contributed by atoms with Gasteiger partial charge in [0.1, 0.15) is 5.82 Å². The second-order valence-electron chi connectivity index (χ2n) is 6.81. The fourth-order valence-electron chi connectivity index (χ4n) is 3.90. The van der Waals surface area contributed by atoms with Crippen LogP contribution < -0.4 is 5.32 Å². The lowest BCUT2D eigenvalue weighted by Crippen LogP contribution is -2.39. The van der Waals surface area contributed by atoms with Gasteiger partial charge in [-0.1, -0.05) is 6.08 Å². The second-order valence-corrected chi connectivity index (χ2v) is 6.81. The highest BCUT2D eigenvalue weighted by atomic mass is 35.5. The summed E-state index contributed by atoms with van der Waals surface area (Å²) in [5, 5.41) is 3.43. The SMILES string of the molecule is C=CCCC(=O)N(Cc1nccn1CC)C1CC12CCNCC2.Cl.Cl. The first kappa shape index (κ1) is 22.0. The van der Waals surface area contributed by atoms with E-state index in [0.717, 1.165) is 38.3 Å². The molecule has 142 valence electrons. The zero-order chi connectivity index (χ0) is 16.3. The van der Waals surface area contributed by atoms with Crippen molar-refractivity contribution in [1.82, 2.24) is 19.8 Å². The molecule has 0 aromatic carbocycles. The number of piperidine rings is 1.